The van der Waals surface area contributed by atoms with Gasteiger partial charge in [-0.15, -0.1) is 0 Å². The molecule has 34 heavy (non-hydrogen) atoms. The summed E-state index contributed by atoms with van der Waals surface area (Å²) >= 11 is 0. The van der Waals surface area contributed by atoms with Crippen molar-refractivity contribution in [3.63, 3.8) is 0 Å². The van der Waals surface area contributed by atoms with Crippen LogP contribution in [0.2, 0.25) is 0 Å². The molecule has 2 aliphatic rings. The average Bonchev–Trinajstić information content (AvgIpc) is 3.02. The summed E-state index contributed by atoms with van der Waals surface area (Å²) in [6.07, 6.45) is 2.16. The number of ketones is 2. The van der Waals surface area contributed by atoms with Crippen molar-refractivity contribution in [2.45, 2.75) is 52.6 Å². The number of hydrogen-bond donors (Lipinski definition) is 1. The van der Waals surface area contributed by atoms with Crippen molar-refractivity contribution in [2.75, 3.05) is 6.61 Å². The fourth-order valence-corrected chi connectivity index (χ4v) is 5.31. The largest absolute Gasteiger partial charge is 0.458 e. The minimum atomic E-state index is -1.88. The fraction of sp³-hybridized carbons (Fsp3) is 0.407. The van der Waals surface area contributed by atoms with E-state index in [0.717, 1.165) is 11.0 Å². The van der Waals surface area contributed by atoms with Gasteiger partial charge in [0.25, 0.3) is 0 Å². The summed E-state index contributed by atoms with van der Waals surface area (Å²) in [5.74, 6) is -1.85. The minimum Gasteiger partial charge on any atom is -0.458 e. The van der Waals surface area contributed by atoms with Crippen molar-refractivity contribution in [1.82, 2.24) is 0 Å². The van der Waals surface area contributed by atoms with Crippen LogP contribution in [0.25, 0.3) is 16.3 Å². The van der Waals surface area contributed by atoms with Gasteiger partial charge in [-0.05, 0) is 40.1 Å². The highest BCUT2D eigenvalue weighted by atomic mass is 16.5. The summed E-state index contributed by atoms with van der Waals surface area (Å²) in [6, 6.07) is 8.78. The predicted molar refractivity (Wildman–Crippen MR) is 125 cm³/mol. The number of benzene rings is 2. The van der Waals surface area contributed by atoms with E-state index < -0.39 is 35.3 Å². The van der Waals surface area contributed by atoms with Crippen LogP contribution in [0.1, 0.15) is 62.9 Å². The van der Waals surface area contributed by atoms with E-state index in [1.807, 2.05) is 18.2 Å². The smallest absolute Gasteiger partial charge is 0.310 e. The molecule has 1 N–H and O–H groups in total. The third-order valence-corrected chi connectivity index (χ3v) is 7.18. The molecule has 2 aromatic rings. The summed E-state index contributed by atoms with van der Waals surface area (Å²) in [7, 11) is 0. The second-order valence-corrected chi connectivity index (χ2v) is 9.20. The summed E-state index contributed by atoms with van der Waals surface area (Å²) in [5, 5.41) is 13.1. The van der Waals surface area contributed by atoms with E-state index >= 15 is 0 Å². The molecule has 0 bridgehead atoms. The van der Waals surface area contributed by atoms with Gasteiger partial charge in [-0.3, -0.25) is 19.2 Å². The average molecular weight is 465 g/mol. The molecule has 7 heteroatoms. The summed E-state index contributed by atoms with van der Waals surface area (Å²) in [6.45, 7) is 6.25. The Morgan fingerprint density at radius 3 is 2.47 bits per heavy atom. The standard InChI is InChI=1S/C27H28O7/c1-5-23(30)33-14-22(29)27(32)15(3)11-20-19-9-7-16-12-17(34-24(31)6-2)8-10-18(16)25(19)21(28)13-26(20,27)4/h7-12,15,32H,5-6,13-14H2,1-4H3/t15-,26+,27+/m1/s1. The number of aliphatic hydroxyl groups is 1. The lowest BCUT2D eigenvalue weighted by Gasteiger charge is -2.45. The van der Waals surface area contributed by atoms with Gasteiger partial charge in [-0.25, -0.2) is 0 Å². The number of rotatable bonds is 6. The van der Waals surface area contributed by atoms with Crippen molar-refractivity contribution in [3.8, 4) is 5.75 Å². The molecule has 0 fully saturated rings. The summed E-state index contributed by atoms with van der Waals surface area (Å²) in [5.41, 5.74) is -1.11. The lowest BCUT2D eigenvalue weighted by atomic mass is 9.60. The highest BCUT2D eigenvalue weighted by Gasteiger charge is 2.63. The number of carbonyl (C=O) groups is 4. The van der Waals surface area contributed by atoms with E-state index in [2.05, 4.69) is 0 Å². The van der Waals surface area contributed by atoms with E-state index in [1.165, 1.54) is 0 Å². The third kappa shape index (κ3) is 3.46. The first-order valence-corrected chi connectivity index (χ1v) is 11.5. The van der Waals surface area contributed by atoms with Crippen LogP contribution in [-0.2, 0) is 19.1 Å². The van der Waals surface area contributed by atoms with Gasteiger partial charge in [0.05, 0.1) is 0 Å². The zero-order valence-electron chi connectivity index (χ0n) is 19.8. The molecular weight excluding hydrogens is 436 g/mol. The molecule has 3 atom stereocenters. The van der Waals surface area contributed by atoms with E-state index in [-0.39, 0.29) is 31.0 Å². The van der Waals surface area contributed by atoms with Gasteiger partial charge >= 0.3 is 11.9 Å². The zero-order chi connectivity index (χ0) is 24.8. The molecule has 0 heterocycles. The fourth-order valence-electron chi connectivity index (χ4n) is 5.31. The second-order valence-electron chi connectivity index (χ2n) is 9.20. The summed E-state index contributed by atoms with van der Waals surface area (Å²) < 4.78 is 10.3. The van der Waals surface area contributed by atoms with Crippen LogP contribution in [0.15, 0.2) is 36.4 Å². The van der Waals surface area contributed by atoms with Gasteiger partial charge in [-0.1, -0.05) is 45.9 Å². The Labute approximate surface area is 197 Å². The van der Waals surface area contributed by atoms with Crippen molar-refractivity contribution < 1.29 is 33.8 Å². The molecule has 2 aromatic carbocycles. The predicted octanol–water partition coefficient (Wildman–Crippen LogP) is 4.03. The van der Waals surface area contributed by atoms with Crippen LogP contribution in [0.4, 0.5) is 0 Å². The number of esters is 2. The monoisotopic (exact) mass is 464 g/mol. The molecule has 2 aliphatic carbocycles. The minimum absolute atomic E-state index is 0.0637. The highest BCUT2D eigenvalue weighted by molar-refractivity contribution is 6.16. The molecule has 0 saturated carbocycles. The van der Waals surface area contributed by atoms with Crippen LogP contribution in [-0.4, -0.2) is 40.8 Å². The normalized spacial score (nSPS) is 25.4. The quantitative estimate of drug-likeness (QED) is 0.508. The molecule has 7 nitrogen and oxygen atoms in total. The molecule has 0 aliphatic heterocycles. The molecule has 4 rings (SSSR count). The molecule has 178 valence electrons. The van der Waals surface area contributed by atoms with Gasteiger partial charge < -0.3 is 14.6 Å². The number of Topliss-reactive ketones (excluding diaryl/α,β-unsaturated/α-hetero) is 2. The maximum atomic E-state index is 13.5. The first kappa shape index (κ1) is 23.8. The Morgan fingerprint density at radius 1 is 1.09 bits per heavy atom. The molecule has 0 spiro atoms. The number of fused-ring (bicyclic) bond motifs is 5. The van der Waals surface area contributed by atoms with E-state index in [1.54, 1.807) is 45.9 Å². The molecule has 0 aromatic heterocycles. The first-order chi connectivity index (χ1) is 16.1. The maximum absolute atomic E-state index is 13.5. The van der Waals surface area contributed by atoms with Gasteiger partial charge in [0.1, 0.15) is 11.4 Å². The topological polar surface area (TPSA) is 107 Å². The van der Waals surface area contributed by atoms with Gasteiger partial charge in [0.2, 0.25) is 5.78 Å². The van der Waals surface area contributed by atoms with Crippen LogP contribution in [0, 0.1) is 11.3 Å². The van der Waals surface area contributed by atoms with Gasteiger partial charge in [0.15, 0.2) is 12.4 Å². The van der Waals surface area contributed by atoms with Crippen LogP contribution >= 0.6 is 0 Å². The highest BCUT2D eigenvalue weighted by Crippen LogP contribution is 2.59. The van der Waals surface area contributed by atoms with Gasteiger partial charge in [-0.2, -0.15) is 0 Å². The van der Waals surface area contributed by atoms with E-state index in [4.69, 9.17) is 9.47 Å². The van der Waals surface area contributed by atoms with Crippen molar-refractivity contribution in [3.05, 3.63) is 47.5 Å². The van der Waals surface area contributed by atoms with Crippen molar-refractivity contribution in [1.29, 1.82) is 0 Å². The van der Waals surface area contributed by atoms with E-state index in [9.17, 15) is 24.3 Å². The van der Waals surface area contributed by atoms with Crippen molar-refractivity contribution in [2.24, 2.45) is 11.3 Å². The third-order valence-electron chi connectivity index (χ3n) is 7.18. The maximum Gasteiger partial charge on any atom is 0.310 e. The van der Waals surface area contributed by atoms with Crippen molar-refractivity contribution >= 4 is 39.9 Å². The molecular formula is C27H28O7. The summed E-state index contributed by atoms with van der Waals surface area (Å²) in [4.78, 5) is 49.8. The van der Waals surface area contributed by atoms with Crippen LogP contribution in [0.5, 0.6) is 5.75 Å². The Morgan fingerprint density at radius 2 is 1.79 bits per heavy atom. The van der Waals surface area contributed by atoms with Crippen LogP contribution in [0.3, 0.4) is 0 Å². The Hall–Kier alpha value is -3.32. The second kappa shape index (κ2) is 8.47. The SMILES string of the molecule is CCC(=O)OCC(=O)[C@@]1(O)[C@H](C)C=C2c3ccc4cc(OC(=O)CC)ccc4c3C(=O)C[C@@]21C. The Bertz CT molecular complexity index is 1260. The first-order valence-electron chi connectivity index (χ1n) is 11.5. The lowest BCUT2D eigenvalue weighted by Crippen LogP contribution is -2.57. The number of carbonyl (C=O) groups excluding carboxylic acids is 4. The number of hydrogen-bond acceptors (Lipinski definition) is 7. The molecule has 0 saturated heterocycles. The van der Waals surface area contributed by atoms with Gasteiger partial charge in [0, 0.05) is 36.2 Å². The van der Waals surface area contributed by atoms with Crippen LogP contribution < -0.4 is 4.74 Å². The molecule has 0 amide bonds. The number of ether oxygens (including phenoxy) is 2. The Kier molecular flexibility index (Phi) is 5.94. The van der Waals surface area contributed by atoms with E-state index in [0.29, 0.717) is 22.3 Å². The Balaban J connectivity index is 1.76. The lowest BCUT2D eigenvalue weighted by molar-refractivity contribution is -0.162. The molecule has 0 radical (unpaired) electrons. The molecule has 0 unspecified atom stereocenters. The zero-order valence-corrected chi connectivity index (χ0v) is 19.8.